The van der Waals surface area contributed by atoms with E-state index in [9.17, 15) is 4.79 Å². The Morgan fingerprint density at radius 3 is 2.72 bits per heavy atom. The Labute approximate surface area is 156 Å². The maximum absolute atomic E-state index is 12.4. The number of hydrogen-bond acceptors (Lipinski definition) is 4. The third-order valence-electron chi connectivity index (χ3n) is 3.75. The van der Waals surface area contributed by atoms with E-state index in [4.69, 9.17) is 11.6 Å². The molecule has 25 heavy (non-hydrogen) atoms. The van der Waals surface area contributed by atoms with Gasteiger partial charge in [0.2, 0.25) is 0 Å². The summed E-state index contributed by atoms with van der Waals surface area (Å²) in [6, 6.07) is 15.3. The van der Waals surface area contributed by atoms with Crippen molar-refractivity contribution in [1.29, 1.82) is 0 Å². The Kier molecular flexibility index (Phi) is 5.89. The Morgan fingerprint density at radius 1 is 1.20 bits per heavy atom. The molecular weight excluding hydrogens is 354 g/mol. The first-order valence-corrected chi connectivity index (χ1v) is 9.44. The molecule has 0 saturated carbocycles. The van der Waals surface area contributed by atoms with Gasteiger partial charge < -0.3 is 0 Å². The summed E-state index contributed by atoms with van der Waals surface area (Å²) in [6.45, 7) is 2.14. The van der Waals surface area contributed by atoms with Crippen LogP contribution in [0, 0.1) is 0 Å². The van der Waals surface area contributed by atoms with Gasteiger partial charge >= 0.3 is 0 Å². The molecule has 0 unspecified atom stereocenters. The van der Waals surface area contributed by atoms with Crippen LogP contribution in [-0.4, -0.2) is 26.3 Å². The number of ketones is 1. The van der Waals surface area contributed by atoms with Crippen molar-refractivity contribution in [2.24, 2.45) is 0 Å². The van der Waals surface area contributed by atoms with Crippen molar-refractivity contribution in [2.75, 3.05) is 5.75 Å². The molecule has 1 heterocycles. The van der Waals surface area contributed by atoms with Crippen LogP contribution in [0.5, 0.6) is 0 Å². The van der Waals surface area contributed by atoms with Gasteiger partial charge in [-0.15, -0.1) is 10.2 Å². The van der Waals surface area contributed by atoms with E-state index in [2.05, 4.69) is 17.1 Å². The Bertz CT molecular complexity index is 861. The summed E-state index contributed by atoms with van der Waals surface area (Å²) in [5.41, 5.74) is 2.85. The van der Waals surface area contributed by atoms with Crippen LogP contribution in [-0.2, 0) is 6.42 Å². The first-order valence-electron chi connectivity index (χ1n) is 8.08. The van der Waals surface area contributed by atoms with E-state index in [1.165, 1.54) is 17.3 Å². The fourth-order valence-electron chi connectivity index (χ4n) is 2.49. The van der Waals surface area contributed by atoms with E-state index in [1.807, 2.05) is 53.1 Å². The van der Waals surface area contributed by atoms with E-state index in [0.29, 0.717) is 15.9 Å². The second-order valence-electron chi connectivity index (χ2n) is 5.62. The van der Waals surface area contributed by atoms with Crippen LogP contribution in [0.2, 0.25) is 5.02 Å². The number of nitrogens with zero attached hydrogens (tertiary/aromatic N) is 3. The first-order chi connectivity index (χ1) is 12.2. The van der Waals surface area contributed by atoms with Gasteiger partial charge in [0.15, 0.2) is 10.9 Å². The van der Waals surface area contributed by atoms with Crippen molar-refractivity contribution in [3.05, 3.63) is 71.0 Å². The van der Waals surface area contributed by atoms with Crippen molar-refractivity contribution in [1.82, 2.24) is 14.8 Å². The SMILES string of the molecule is CCCc1ccc(C(=O)CSc2nncn2-c2cccc(Cl)c2)cc1. The lowest BCUT2D eigenvalue weighted by molar-refractivity contribution is 0.102. The lowest BCUT2D eigenvalue weighted by Gasteiger charge is -2.06. The van der Waals surface area contributed by atoms with Gasteiger partial charge in [0.05, 0.1) is 11.4 Å². The van der Waals surface area contributed by atoms with Crippen LogP contribution in [0.15, 0.2) is 60.0 Å². The number of thioether (sulfide) groups is 1. The van der Waals surface area contributed by atoms with Gasteiger partial charge in [-0.25, -0.2) is 0 Å². The van der Waals surface area contributed by atoms with Gasteiger partial charge in [-0.1, -0.05) is 67.0 Å². The summed E-state index contributed by atoms with van der Waals surface area (Å²) in [7, 11) is 0. The zero-order chi connectivity index (χ0) is 17.6. The molecule has 0 aliphatic heterocycles. The molecule has 0 bridgehead atoms. The van der Waals surface area contributed by atoms with Crippen molar-refractivity contribution in [2.45, 2.75) is 24.9 Å². The summed E-state index contributed by atoms with van der Waals surface area (Å²) >= 11 is 7.41. The highest BCUT2D eigenvalue weighted by Crippen LogP contribution is 2.22. The minimum atomic E-state index is 0.0775. The highest BCUT2D eigenvalue weighted by molar-refractivity contribution is 7.99. The number of aryl methyl sites for hydroxylation is 1. The number of hydrogen-bond donors (Lipinski definition) is 0. The molecule has 0 spiro atoms. The van der Waals surface area contributed by atoms with Crippen molar-refractivity contribution >= 4 is 29.1 Å². The summed E-state index contributed by atoms with van der Waals surface area (Å²) in [4.78, 5) is 12.4. The molecule has 0 amide bonds. The molecule has 4 nitrogen and oxygen atoms in total. The molecule has 2 aromatic carbocycles. The lowest BCUT2D eigenvalue weighted by atomic mass is 10.1. The number of rotatable bonds is 7. The average molecular weight is 372 g/mol. The zero-order valence-corrected chi connectivity index (χ0v) is 15.4. The fourth-order valence-corrected chi connectivity index (χ4v) is 3.49. The Hall–Kier alpha value is -2.11. The second-order valence-corrected chi connectivity index (χ2v) is 7.00. The van der Waals surface area contributed by atoms with Crippen molar-refractivity contribution < 1.29 is 4.79 Å². The third kappa shape index (κ3) is 4.50. The fraction of sp³-hybridized carbons (Fsp3) is 0.211. The number of carbonyl (C=O) groups is 1. The van der Waals surface area contributed by atoms with Crippen LogP contribution in [0.4, 0.5) is 0 Å². The van der Waals surface area contributed by atoms with Crippen molar-refractivity contribution in [3.8, 4) is 5.69 Å². The van der Waals surface area contributed by atoms with Crippen LogP contribution < -0.4 is 0 Å². The molecule has 0 atom stereocenters. The predicted molar refractivity (Wildman–Crippen MR) is 102 cm³/mol. The zero-order valence-electron chi connectivity index (χ0n) is 13.9. The number of aromatic nitrogens is 3. The number of Topliss-reactive ketones (excluding diaryl/α,β-unsaturated/α-hetero) is 1. The minimum Gasteiger partial charge on any atom is -0.293 e. The largest absolute Gasteiger partial charge is 0.293 e. The van der Waals surface area contributed by atoms with Crippen molar-refractivity contribution in [3.63, 3.8) is 0 Å². The number of benzene rings is 2. The summed E-state index contributed by atoms with van der Waals surface area (Å²) < 4.78 is 1.83. The first kappa shape index (κ1) is 17.7. The second kappa shape index (κ2) is 8.32. The van der Waals surface area contributed by atoms with Crippen LogP contribution >= 0.6 is 23.4 Å². The highest BCUT2D eigenvalue weighted by atomic mass is 35.5. The number of halogens is 1. The van der Waals surface area contributed by atoms with E-state index in [0.717, 1.165) is 24.1 Å². The smallest absolute Gasteiger partial charge is 0.196 e. The molecule has 0 radical (unpaired) electrons. The molecule has 6 heteroatoms. The third-order valence-corrected chi connectivity index (χ3v) is 4.93. The van der Waals surface area contributed by atoms with Gasteiger partial charge in [-0.2, -0.15) is 0 Å². The van der Waals surface area contributed by atoms with Gasteiger partial charge in [0.25, 0.3) is 0 Å². The predicted octanol–water partition coefficient (Wildman–Crippen LogP) is 4.85. The lowest BCUT2D eigenvalue weighted by Crippen LogP contribution is -2.04. The molecule has 3 rings (SSSR count). The molecule has 0 aliphatic rings. The average Bonchev–Trinajstić information content (AvgIpc) is 3.09. The standard InChI is InChI=1S/C19H18ClN3OS/c1-2-4-14-7-9-15(10-8-14)18(24)12-25-19-22-21-13-23(19)17-6-3-5-16(20)11-17/h3,5-11,13H,2,4,12H2,1H3. The van der Waals surface area contributed by atoms with Gasteiger partial charge in [-0.3, -0.25) is 9.36 Å². The normalized spacial score (nSPS) is 10.8. The maximum Gasteiger partial charge on any atom is 0.196 e. The summed E-state index contributed by atoms with van der Waals surface area (Å²) in [5.74, 6) is 0.389. The molecule has 3 aromatic rings. The molecular formula is C19H18ClN3OS. The molecule has 0 aliphatic carbocycles. The van der Waals surface area contributed by atoms with Crippen LogP contribution in [0.3, 0.4) is 0 Å². The van der Waals surface area contributed by atoms with E-state index in [1.54, 1.807) is 6.33 Å². The summed E-state index contributed by atoms with van der Waals surface area (Å²) in [5, 5.41) is 9.36. The van der Waals surface area contributed by atoms with Crippen LogP contribution in [0.25, 0.3) is 5.69 Å². The Morgan fingerprint density at radius 2 is 2.00 bits per heavy atom. The van der Waals surface area contributed by atoms with Gasteiger partial charge in [0, 0.05) is 10.6 Å². The molecule has 1 aromatic heterocycles. The van der Waals surface area contributed by atoms with E-state index >= 15 is 0 Å². The van der Waals surface area contributed by atoms with E-state index < -0.39 is 0 Å². The van der Waals surface area contributed by atoms with Gasteiger partial charge in [0.1, 0.15) is 6.33 Å². The quantitative estimate of drug-likeness (QED) is 0.440. The number of carbonyl (C=O) groups excluding carboxylic acids is 1. The van der Waals surface area contributed by atoms with Gasteiger partial charge in [-0.05, 0) is 30.2 Å². The topological polar surface area (TPSA) is 47.8 Å². The molecule has 0 saturated heterocycles. The monoisotopic (exact) mass is 371 g/mol. The van der Waals surface area contributed by atoms with Crippen LogP contribution in [0.1, 0.15) is 29.3 Å². The molecule has 0 fully saturated rings. The minimum absolute atomic E-state index is 0.0775. The maximum atomic E-state index is 12.4. The van der Waals surface area contributed by atoms with E-state index in [-0.39, 0.29) is 5.78 Å². The molecule has 128 valence electrons. The Balaban J connectivity index is 1.68. The summed E-state index contributed by atoms with van der Waals surface area (Å²) in [6.07, 6.45) is 3.76. The highest BCUT2D eigenvalue weighted by Gasteiger charge is 2.12. The molecule has 0 N–H and O–H groups in total.